The second kappa shape index (κ2) is 4.83. The number of rotatable bonds is 2. The molecule has 1 aromatic rings. The predicted octanol–water partition coefficient (Wildman–Crippen LogP) is 1.30. The van der Waals surface area contributed by atoms with Gasteiger partial charge in [-0.15, -0.1) is 0 Å². The van der Waals surface area contributed by atoms with Crippen molar-refractivity contribution in [3.05, 3.63) is 17.8 Å². The molecule has 1 aliphatic heterocycles. The lowest BCUT2D eigenvalue weighted by Gasteiger charge is -2.34. The van der Waals surface area contributed by atoms with Crippen molar-refractivity contribution in [3.63, 3.8) is 0 Å². The van der Waals surface area contributed by atoms with Gasteiger partial charge in [-0.25, -0.2) is 9.78 Å². The first-order chi connectivity index (χ1) is 8.11. The maximum atomic E-state index is 11.0. The van der Waals surface area contributed by atoms with E-state index < -0.39 is 5.97 Å². The highest BCUT2D eigenvalue weighted by Crippen LogP contribution is 2.28. The molecule has 0 bridgehead atoms. The number of nitrogens with two attached hydrogens (primary N) is 1. The Balaban J connectivity index is 2.38. The number of anilines is 2. The van der Waals surface area contributed by atoms with Crippen LogP contribution < -0.4 is 10.6 Å². The number of nitrogens with zero attached hydrogens (tertiary/aromatic N) is 2. The van der Waals surface area contributed by atoms with Gasteiger partial charge in [-0.3, -0.25) is 0 Å². The quantitative estimate of drug-likeness (QED) is 0.827. The molecule has 3 N–H and O–H groups in total. The van der Waals surface area contributed by atoms with Gasteiger partial charge in [0.15, 0.2) is 5.82 Å². The smallest absolute Gasteiger partial charge is 0.337 e. The topological polar surface area (TPSA) is 79.5 Å². The molecule has 0 amide bonds. The van der Waals surface area contributed by atoms with E-state index in [-0.39, 0.29) is 11.3 Å². The first-order valence-electron chi connectivity index (χ1n) is 5.43. The fourth-order valence-electron chi connectivity index (χ4n) is 1.92. The van der Waals surface area contributed by atoms with E-state index in [1.165, 1.54) is 12.3 Å². The van der Waals surface area contributed by atoms with Crippen molar-refractivity contribution in [1.29, 1.82) is 0 Å². The molecular weight excluding hydrogens is 238 g/mol. The number of pyridine rings is 1. The van der Waals surface area contributed by atoms with Crippen LogP contribution in [-0.4, -0.2) is 40.2 Å². The van der Waals surface area contributed by atoms with Crippen LogP contribution in [0.1, 0.15) is 17.3 Å². The Morgan fingerprint density at radius 2 is 2.47 bits per heavy atom. The van der Waals surface area contributed by atoms with E-state index in [0.29, 0.717) is 11.9 Å². The van der Waals surface area contributed by atoms with Gasteiger partial charge in [-0.05, 0) is 13.0 Å². The van der Waals surface area contributed by atoms with E-state index in [9.17, 15) is 4.79 Å². The molecule has 1 saturated heterocycles. The van der Waals surface area contributed by atoms with Gasteiger partial charge < -0.3 is 15.7 Å². The minimum atomic E-state index is -1.01. The maximum absolute atomic E-state index is 11.0. The Hall–Kier alpha value is -1.43. The molecule has 2 heterocycles. The summed E-state index contributed by atoms with van der Waals surface area (Å²) < 4.78 is 0. The molecule has 1 aliphatic rings. The van der Waals surface area contributed by atoms with Gasteiger partial charge in [0.1, 0.15) is 0 Å². The Morgan fingerprint density at radius 3 is 3.12 bits per heavy atom. The molecule has 1 atom stereocenters. The number of carbonyl (C=O) groups is 1. The second-order valence-corrected chi connectivity index (χ2v) is 5.17. The highest BCUT2D eigenvalue weighted by molar-refractivity contribution is 7.99. The van der Waals surface area contributed by atoms with Gasteiger partial charge in [-0.1, -0.05) is 0 Å². The second-order valence-electron chi connectivity index (χ2n) is 4.02. The first kappa shape index (κ1) is 12.0. The number of hydrogen-bond donors (Lipinski definition) is 2. The van der Waals surface area contributed by atoms with Crippen LogP contribution in [0.5, 0.6) is 0 Å². The summed E-state index contributed by atoms with van der Waals surface area (Å²) in [5.74, 6) is 1.61. The molecule has 0 aromatic carbocycles. The van der Waals surface area contributed by atoms with Gasteiger partial charge >= 0.3 is 5.97 Å². The van der Waals surface area contributed by atoms with Crippen molar-refractivity contribution >= 4 is 29.2 Å². The minimum Gasteiger partial charge on any atom is -0.478 e. The number of aromatic carboxylic acids is 1. The molecule has 1 fully saturated rings. The molecule has 5 nitrogen and oxygen atoms in total. The summed E-state index contributed by atoms with van der Waals surface area (Å²) in [6.45, 7) is 2.95. The van der Waals surface area contributed by atoms with Crippen LogP contribution in [0.25, 0.3) is 0 Å². The number of aromatic nitrogens is 1. The lowest BCUT2D eigenvalue weighted by atomic mass is 10.2. The molecule has 2 rings (SSSR count). The third kappa shape index (κ3) is 2.31. The zero-order valence-corrected chi connectivity index (χ0v) is 10.4. The summed E-state index contributed by atoms with van der Waals surface area (Å²) >= 11 is 1.89. The number of carboxylic acids is 1. The molecule has 1 aromatic heterocycles. The SMILES string of the molecule is CC1CSCCN1c1nccc(C(=O)O)c1N. The van der Waals surface area contributed by atoms with Crippen molar-refractivity contribution in [2.24, 2.45) is 0 Å². The van der Waals surface area contributed by atoms with Crippen LogP contribution >= 0.6 is 11.8 Å². The van der Waals surface area contributed by atoms with Crippen LogP contribution in [-0.2, 0) is 0 Å². The Labute approximate surface area is 104 Å². The molecule has 0 spiro atoms. The average molecular weight is 253 g/mol. The maximum Gasteiger partial charge on any atom is 0.337 e. The molecule has 92 valence electrons. The zero-order valence-electron chi connectivity index (χ0n) is 9.59. The fraction of sp³-hybridized carbons (Fsp3) is 0.455. The Kier molecular flexibility index (Phi) is 3.42. The van der Waals surface area contributed by atoms with Crippen LogP contribution in [0.4, 0.5) is 11.5 Å². The molecule has 6 heteroatoms. The van der Waals surface area contributed by atoms with Crippen molar-refractivity contribution in [2.45, 2.75) is 13.0 Å². The van der Waals surface area contributed by atoms with Crippen LogP contribution in [0, 0.1) is 0 Å². The van der Waals surface area contributed by atoms with E-state index >= 15 is 0 Å². The van der Waals surface area contributed by atoms with Gasteiger partial charge in [0.25, 0.3) is 0 Å². The van der Waals surface area contributed by atoms with E-state index in [4.69, 9.17) is 10.8 Å². The van der Waals surface area contributed by atoms with Crippen LogP contribution in [0.15, 0.2) is 12.3 Å². The van der Waals surface area contributed by atoms with Crippen LogP contribution in [0.2, 0.25) is 0 Å². The summed E-state index contributed by atoms with van der Waals surface area (Å²) in [6, 6.07) is 1.76. The average Bonchev–Trinajstić information content (AvgIpc) is 2.30. The lowest BCUT2D eigenvalue weighted by molar-refractivity contribution is 0.0698. The van der Waals surface area contributed by atoms with Gasteiger partial charge in [0.2, 0.25) is 0 Å². The summed E-state index contributed by atoms with van der Waals surface area (Å²) in [5.41, 5.74) is 6.27. The highest BCUT2D eigenvalue weighted by Gasteiger charge is 2.23. The predicted molar refractivity (Wildman–Crippen MR) is 69.7 cm³/mol. The Morgan fingerprint density at radius 1 is 1.71 bits per heavy atom. The lowest BCUT2D eigenvalue weighted by Crippen LogP contribution is -2.41. The molecule has 0 radical (unpaired) electrons. The molecule has 17 heavy (non-hydrogen) atoms. The summed E-state index contributed by atoms with van der Waals surface area (Å²) in [4.78, 5) is 17.3. The molecule has 1 unspecified atom stereocenters. The van der Waals surface area contributed by atoms with Gasteiger partial charge in [0, 0.05) is 30.3 Å². The minimum absolute atomic E-state index is 0.125. The number of thioether (sulfide) groups is 1. The molecule has 0 aliphatic carbocycles. The largest absolute Gasteiger partial charge is 0.478 e. The highest BCUT2D eigenvalue weighted by atomic mass is 32.2. The van der Waals surface area contributed by atoms with Crippen molar-refractivity contribution in [1.82, 2.24) is 4.98 Å². The normalized spacial score (nSPS) is 20.3. The van der Waals surface area contributed by atoms with E-state index in [1.807, 2.05) is 11.8 Å². The number of hydrogen-bond acceptors (Lipinski definition) is 5. The fourth-order valence-corrected chi connectivity index (χ4v) is 2.93. The van der Waals surface area contributed by atoms with E-state index in [2.05, 4.69) is 16.8 Å². The first-order valence-corrected chi connectivity index (χ1v) is 6.59. The monoisotopic (exact) mass is 253 g/mol. The third-order valence-electron chi connectivity index (χ3n) is 2.84. The van der Waals surface area contributed by atoms with Crippen molar-refractivity contribution < 1.29 is 9.90 Å². The Bertz CT molecular complexity index is 439. The van der Waals surface area contributed by atoms with Crippen LogP contribution in [0.3, 0.4) is 0 Å². The van der Waals surface area contributed by atoms with E-state index in [0.717, 1.165) is 18.1 Å². The van der Waals surface area contributed by atoms with Crippen molar-refractivity contribution in [2.75, 3.05) is 28.7 Å². The molecular formula is C11H15N3O2S. The zero-order chi connectivity index (χ0) is 12.4. The summed E-state index contributed by atoms with van der Waals surface area (Å²) in [7, 11) is 0. The number of nitrogen functional groups attached to an aromatic ring is 1. The number of carboxylic acid groups (broad SMARTS) is 1. The van der Waals surface area contributed by atoms with Gasteiger partial charge in [-0.2, -0.15) is 11.8 Å². The summed E-state index contributed by atoms with van der Waals surface area (Å²) in [5, 5.41) is 9.02. The third-order valence-corrected chi connectivity index (χ3v) is 4.03. The standard InChI is InChI=1S/C11H15N3O2S/c1-7-6-17-5-4-14(7)10-9(12)8(11(15)16)2-3-13-10/h2-3,7H,4-6,12H2,1H3,(H,15,16). The summed E-state index contributed by atoms with van der Waals surface area (Å²) in [6.07, 6.45) is 1.50. The van der Waals surface area contributed by atoms with Gasteiger partial charge in [0.05, 0.1) is 11.3 Å². The van der Waals surface area contributed by atoms with E-state index in [1.54, 1.807) is 0 Å². The molecule has 0 saturated carbocycles. The van der Waals surface area contributed by atoms with Crippen molar-refractivity contribution in [3.8, 4) is 0 Å².